The van der Waals surface area contributed by atoms with Crippen LogP contribution in [0.3, 0.4) is 0 Å². The summed E-state index contributed by atoms with van der Waals surface area (Å²) in [5.41, 5.74) is 1.52. The van der Waals surface area contributed by atoms with E-state index in [0.717, 1.165) is 18.8 Å². The molecule has 1 N–H and O–H groups in total. The molecule has 0 saturated heterocycles. The van der Waals surface area contributed by atoms with Crippen LogP contribution in [0.25, 0.3) is 0 Å². The molecule has 0 aromatic heterocycles. The van der Waals surface area contributed by atoms with Gasteiger partial charge in [-0.3, -0.25) is 4.79 Å². The molecular weight excluding hydrogens is 226 g/mol. The highest BCUT2D eigenvalue weighted by atomic mass is 16.3. The number of carbonyl (C=O) groups excluding carboxylic acids is 1. The molecule has 96 valence electrons. The van der Waals surface area contributed by atoms with Crippen LogP contribution in [-0.2, 0) is 0 Å². The van der Waals surface area contributed by atoms with Crippen molar-refractivity contribution in [3.8, 4) is 0 Å². The fourth-order valence-corrected chi connectivity index (χ4v) is 1.67. The number of Topliss-reactive ketones (excluding diaryl/α,β-unsaturated/α-hetero) is 1. The van der Waals surface area contributed by atoms with Crippen LogP contribution in [-0.4, -0.2) is 30.1 Å². The number of nitrogens with zero attached hydrogens (tertiary/aromatic N) is 1. The molecule has 1 aromatic carbocycles. The van der Waals surface area contributed by atoms with Crippen molar-refractivity contribution in [2.24, 2.45) is 0 Å². The number of aliphatic hydroxyl groups excluding tert-OH is 1. The number of aliphatic hydroxyl groups is 1. The van der Waals surface area contributed by atoms with E-state index in [4.69, 9.17) is 0 Å². The quantitative estimate of drug-likeness (QED) is 0.592. The van der Waals surface area contributed by atoms with Crippen molar-refractivity contribution in [3.05, 3.63) is 55.1 Å². The molecule has 0 aliphatic carbocycles. The number of benzene rings is 1. The predicted octanol–water partition coefficient (Wildman–Crippen LogP) is 2.43. The zero-order valence-corrected chi connectivity index (χ0v) is 10.7. The first-order valence-corrected chi connectivity index (χ1v) is 5.89. The van der Waals surface area contributed by atoms with Crippen molar-refractivity contribution >= 4 is 11.5 Å². The molecule has 0 fully saturated rings. The lowest BCUT2D eigenvalue weighted by Gasteiger charge is -2.21. The van der Waals surface area contributed by atoms with Crippen molar-refractivity contribution < 1.29 is 9.90 Å². The number of carbonyl (C=O) groups is 1. The Bertz CT molecular complexity index is 411. The van der Waals surface area contributed by atoms with Crippen LogP contribution in [0.15, 0.2) is 49.6 Å². The second-order valence-electron chi connectivity index (χ2n) is 4.07. The molecule has 3 nitrogen and oxygen atoms in total. The van der Waals surface area contributed by atoms with Gasteiger partial charge in [-0.2, -0.15) is 0 Å². The first-order chi connectivity index (χ1) is 8.60. The van der Waals surface area contributed by atoms with Gasteiger partial charge in [-0.05, 0) is 31.2 Å². The van der Waals surface area contributed by atoms with Gasteiger partial charge in [-0.15, -0.1) is 13.2 Å². The lowest BCUT2D eigenvalue weighted by molar-refractivity contribution is 0.0779. The standard InChI is InChI=1S/C15H19NO2/c1-4-10-16(11-5-2)14-8-6-13(7-9-14)15(18)12(3)17/h4-9,12,17H,1-2,10-11H2,3H3. The summed E-state index contributed by atoms with van der Waals surface area (Å²) in [6, 6.07) is 7.18. The Hall–Kier alpha value is -1.87. The summed E-state index contributed by atoms with van der Waals surface area (Å²) in [7, 11) is 0. The van der Waals surface area contributed by atoms with E-state index in [2.05, 4.69) is 18.1 Å². The molecule has 0 aliphatic rings. The van der Waals surface area contributed by atoms with E-state index in [1.165, 1.54) is 6.92 Å². The van der Waals surface area contributed by atoms with Gasteiger partial charge in [0.1, 0.15) is 6.10 Å². The van der Waals surface area contributed by atoms with E-state index in [9.17, 15) is 9.90 Å². The third-order valence-corrected chi connectivity index (χ3v) is 2.60. The number of ketones is 1. The number of hydrogen-bond donors (Lipinski definition) is 1. The van der Waals surface area contributed by atoms with Gasteiger partial charge in [-0.1, -0.05) is 12.2 Å². The highest BCUT2D eigenvalue weighted by Gasteiger charge is 2.12. The van der Waals surface area contributed by atoms with Gasteiger partial charge in [0.05, 0.1) is 0 Å². The summed E-state index contributed by atoms with van der Waals surface area (Å²) in [4.78, 5) is 13.7. The first kappa shape index (κ1) is 14.2. The summed E-state index contributed by atoms with van der Waals surface area (Å²) >= 11 is 0. The third-order valence-electron chi connectivity index (χ3n) is 2.60. The van der Waals surface area contributed by atoms with E-state index in [0.29, 0.717) is 5.56 Å². The largest absolute Gasteiger partial charge is 0.385 e. The van der Waals surface area contributed by atoms with E-state index in [1.807, 2.05) is 24.3 Å². The average Bonchev–Trinajstić information content (AvgIpc) is 2.38. The van der Waals surface area contributed by atoms with Crippen molar-refractivity contribution in [1.29, 1.82) is 0 Å². The highest BCUT2D eigenvalue weighted by Crippen LogP contribution is 2.16. The molecule has 1 rings (SSSR count). The monoisotopic (exact) mass is 245 g/mol. The second-order valence-corrected chi connectivity index (χ2v) is 4.07. The van der Waals surface area contributed by atoms with E-state index in [-0.39, 0.29) is 5.78 Å². The molecule has 0 heterocycles. The van der Waals surface area contributed by atoms with Crippen molar-refractivity contribution in [1.82, 2.24) is 0 Å². The molecule has 1 atom stereocenters. The number of rotatable bonds is 7. The number of anilines is 1. The van der Waals surface area contributed by atoms with Gasteiger partial charge in [0, 0.05) is 24.3 Å². The Labute approximate surface area is 108 Å². The molecule has 0 radical (unpaired) electrons. The molecule has 3 heteroatoms. The molecule has 1 unspecified atom stereocenters. The van der Waals surface area contributed by atoms with Crippen LogP contribution in [0.2, 0.25) is 0 Å². The van der Waals surface area contributed by atoms with Crippen molar-refractivity contribution in [2.45, 2.75) is 13.0 Å². The van der Waals surface area contributed by atoms with Crippen molar-refractivity contribution in [2.75, 3.05) is 18.0 Å². The maximum Gasteiger partial charge on any atom is 0.190 e. The Balaban J connectivity index is 2.89. The summed E-state index contributed by atoms with van der Waals surface area (Å²) in [5.74, 6) is -0.263. The first-order valence-electron chi connectivity index (χ1n) is 5.89. The predicted molar refractivity (Wildman–Crippen MR) is 75.1 cm³/mol. The molecule has 0 bridgehead atoms. The van der Waals surface area contributed by atoms with Crippen molar-refractivity contribution in [3.63, 3.8) is 0 Å². The summed E-state index contributed by atoms with van der Waals surface area (Å²) in [5, 5.41) is 9.23. The minimum Gasteiger partial charge on any atom is -0.385 e. The fourth-order valence-electron chi connectivity index (χ4n) is 1.67. The maximum absolute atomic E-state index is 11.6. The van der Waals surface area contributed by atoms with Crippen LogP contribution in [0.5, 0.6) is 0 Å². The van der Waals surface area contributed by atoms with Gasteiger partial charge in [-0.25, -0.2) is 0 Å². The Morgan fingerprint density at radius 2 is 1.78 bits per heavy atom. The average molecular weight is 245 g/mol. The molecule has 1 aromatic rings. The fraction of sp³-hybridized carbons (Fsp3) is 0.267. The highest BCUT2D eigenvalue weighted by molar-refractivity contribution is 5.99. The van der Waals surface area contributed by atoms with E-state index < -0.39 is 6.10 Å². The van der Waals surface area contributed by atoms with Crippen LogP contribution >= 0.6 is 0 Å². The zero-order chi connectivity index (χ0) is 13.5. The van der Waals surface area contributed by atoms with Crippen LogP contribution < -0.4 is 4.90 Å². The Morgan fingerprint density at radius 1 is 1.28 bits per heavy atom. The Morgan fingerprint density at radius 3 is 2.17 bits per heavy atom. The SMILES string of the molecule is C=CCN(CC=C)c1ccc(C(=O)C(C)O)cc1. The molecular formula is C15H19NO2. The van der Waals surface area contributed by atoms with Gasteiger partial charge >= 0.3 is 0 Å². The Kier molecular flexibility index (Phi) is 5.33. The zero-order valence-electron chi connectivity index (χ0n) is 10.7. The van der Waals surface area contributed by atoms with E-state index in [1.54, 1.807) is 12.1 Å². The van der Waals surface area contributed by atoms with E-state index >= 15 is 0 Å². The lowest BCUT2D eigenvalue weighted by atomic mass is 10.1. The molecule has 0 amide bonds. The van der Waals surface area contributed by atoms with Gasteiger partial charge in [0.25, 0.3) is 0 Å². The summed E-state index contributed by atoms with van der Waals surface area (Å²) in [6.45, 7) is 10.3. The molecule has 0 spiro atoms. The smallest absolute Gasteiger partial charge is 0.190 e. The third kappa shape index (κ3) is 3.57. The van der Waals surface area contributed by atoms with Gasteiger partial charge in [0.15, 0.2) is 5.78 Å². The summed E-state index contributed by atoms with van der Waals surface area (Å²) < 4.78 is 0. The van der Waals surface area contributed by atoms with Gasteiger partial charge in [0.2, 0.25) is 0 Å². The topological polar surface area (TPSA) is 40.5 Å². The second kappa shape index (κ2) is 6.77. The number of hydrogen-bond acceptors (Lipinski definition) is 3. The summed E-state index contributed by atoms with van der Waals surface area (Å²) in [6.07, 6.45) is 2.67. The molecule has 0 saturated carbocycles. The minimum absolute atomic E-state index is 0.263. The minimum atomic E-state index is -0.965. The molecule has 0 aliphatic heterocycles. The lowest BCUT2D eigenvalue weighted by Crippen LogP contribution is -2.23. The van der Waals surface area contributed by atoms with Crippen LogP contribution in [0.4, 0.5) is 5.69 Å². The van der Waals surface area contributed by atoms with Crippen LogP contribution in [0, 0.1) is 0 Å². The molecule has 18 heavy (non-hydrogen) atoms. The normalized spacial score (nSPS) is 11.7. The maximum atomic E-state index is 11.6. The van der Waals surface area contributed by atoms with Gasteiger partial charge < -0.3 is 10.0 Å². The van der Waals surface area contributed by atoms with Crippen LogP contribution in [0.1, 0.15) is 17.3 Å².